The quantitative estimate of drug-likeness (QED) is 0.884. The molecular weight excluding hydrogens is 322 g/mol. The summed E-state index contributed by atoms with van der Waals surface area (Å²) < 4.78 is 0.947. The number of carboxylic acid groups (broad SMARTS) is 1. The molecule has 0 bridgehead atoms. The Kier molecular flexibility index (Phi) is 4.81. The zero-order valence-corrected chi connectivity index (χ0v) is 12.9. The van der Waals surface area contributed by atoms with Crippen LogP contribution in [0.4, 0.5) is 5.69 Å². The van der Waals surface area contributed by atoms with E-state index in [-0.39, 0.29) is 17.7 Å². The lowest BCUT2D eigenvalue weighted by Crippen LogP contribution is -2.31. The first-order valence-corrected chi connectivity index (χ1v) is 7.57. The van der Waals surface area contributed by atoms with Crippen LogP contribution in [0.1, 0.15) is 31.2 Å². The molecule has 1 aromatic rings. The minimum atomic E-state index is -0.791. The number of benzene rings is 1. The highest BCUT2D eigenvalue weighted by Crippen LogP contribution is 2.31. The maximum atomic E-state index is 12.3. The highest BCUT2D eigenvalue weighted by atomic mass is 79.9. The Morgan fingerprint density at radius 2 is 2.00 bits per heavy atom. The van der Waals surface area contributed by atoms with Crippen molar-refractivity contribution >= 4 is 33.5 Å². The number of amides is 1. The van der Waals surface area contributed by atoms with Crippen molar-refractivity contribution < 1.29 is 14.7 Å². The number of hydrogen-bond donors (Lipinski definition) is 2. The van der Waals surface area contributed by atoms with Gasteiger partial charge in [-0.15, -0.1) is 0 Å². The number of nitrogens with one attached hydrogen (secondary N) is 1. The van der Waals surface area contributed by atoms with Crippen LogP contribution in [0.5, 0.6) is 0 Å². The van der Waals surface area contributed by atoms with Gasteiger partial charge in [0.2, 0.25) is 5.91 Å². The monoisotopic (exact) mass is 339 g/mol. The van der Waals surface area contributed by atoms with E-state index in [2.05, 4.69) is 21.2 Å². The number of halogens is 1. The molecule has 1 aliphatic rings. The molecular formula is C15H18BrNO3. The van der Waals surface area contributed by atoms with E-state index in [1.807, 2.05) is 25.1 Å². The Hall–Kier alpha value is -1.36. The van der Waals surface area contributed by atoms with E-state index < -0.39 is 5.97 Å². The van der Waals surface area contributed by atoms with E-state index in [9.17, 15) is 9.59 Å². The van der Waals surface area contributed by atoms with Crippen molar-refractivity contribution in [3.05, 3.63) is 28.2 Å². The number of carbonyl (C=O) groups is 2. The fourth-order valence-corrected chi connectivity index (χ4v) is 3.00. The van der Waals surface area contributed by atoms with Gasteiger partial charge in [-0.3, -0.25) is 9.59 Å². The van der Waals surface area contributed by atoms with E-state index >= 15 is 0 Å². The molecule has 2 unspecified atom stereocenters. The van der Waals surface area contributed by atoms with Crippen LogP contribution in [0.3, 0.4) is 0 Å². The Morgan fingerprint density at radius 3 is 2.70 bits per heavy atom. The standard InChI is InChI=1S/C15H18BrNO3/c1-9-12(16)6-3-7-13(9)17-14(18)10-4-2-5-11(8-10)15(19)20/h3,6-7,10-11H,2,4-5,8H2,1H3,(H,17,18)(H,19,20). The van der Waals surface area contributed by atoms with Crippen LogP contribution in [0.15, 0.2) is 22.7 Å². The van der Waals surface area contributed by atoms with Gasteiger partial charge in [-0.2, -0.15) is 0 Å². The molecule has 2 rings (SSSR count). The fourth-order valence-electron chi connectivity index (χ4n) is 2.63. The van der Waals surface area contributed by atoms with Gasteiger partial charge in [0.15, 0.2) is 0 Å². The molecule has 1 aliphatic carbocycles. The summed E-state index contributed by atoms with van der Waals surface area (Å²) in [4.78, 5) is 23.3. The predicted octanol–water partition coefficient (Wildman–Crippen LogP) is 3.59. The van der Waals surface area contributed by atoms with Crippen molar-refractivity contribution in [2.45, 2.75) is 32.6 Å². The molecule has 2 atom stereocenters. The molecule has 0 spiro atoms. The highest BCUT2D eigenvalue weighted by Gasteiger charge is 2.31. The molecule has 0 radical (unpaired) electrons. The molecule has 20 heavy (non-hydrogen) atoms. The lowest BCUT2D eigenvalue weighted by Gasteiger charge is -2.26. The van der Waals surface area contributed by atoms with Gasteiger partial charge >= 0.3 is 5.97 Å². The Balaban J connectivity index is 2.04. The third-order valence-electron chi connectivity index (χ3n) is 3.92. The smallest absolute Gasteiger partial charge is 0.306 e. The maximum Gasteiger partial charge on any atom is 0.306 e. The van der Waals surface area contributed by atoms with E-state index in [0.717, 1.165) is 28.6 Å². The zero-order valence-electron chi connectivity index (χ0n) is 11.4. The molecule has 2 N–H and O–H groups in total. The van der Waals surface area contributed by atoms with Gasteiger partial charge in [-0.05, 0) is 43.9 Å². The van der Waals surface area contributed by atoms with Crippen molar-refractivity contribution in [2.24, 2.45) is 11.8 Å². The minimum Gasteiger partial charge on any atom is -0.481 e. The molecule has 0 heterocycles. The van der Waals surface area contributed by atoms with Crippen LogP contribution < -0.4 is 5.32 Å². The van der Waals surface area contributed by atoms with E-state index in [1.165, 1.54) is 0 Å². The van der Waals surface area contributed by atoms with Gasteiger partial charge < -0.3 is 10.4 Å². The van der Waals surface area contributed by atoms with Gasteiger partial charge in [-0.1, -0.05) is 28.4 Å². The SMILES string of the molecule is Cc1c(Br)cccc1NC(=O)C1CCCC(C(=O)O)C1. The predicted molar refractivity (Wildman–Crippen MR) is 80.6 cm³/mol. The second-order valence-electron chi connectivity index (χ2n) is 5.30. The number of aliphatic carboxylic acids is 1. The van der Waals surface area contributed by atoms with Crippen LogP contribution in [-0.2, 0) is 9.59 Å². The molecule has 1 amide bonds. The third kappa shape index (κ3) is 3.39. The summed E-state index contributed by atoms with van der Waals surface area (Å²) >= 11 is 3.43. The lowest BCUT2D eigenvalue weighted by atomic mass is 9.81. The molecule has 0 saturated heterocycles. The first-order chi connectivity index (χ1) is 9.49. The Morgan fingerprint density at radius 1 is 1.30 bits per heavy atom. The first kappa shape index (κ1) is 15.0. The molecule has 1 aromatic carbocycles. The molecule has 4 nitrogen and oxygen atoms in total. The number of anilines is 1. The summed E-state index contributed by atoms with van der Waals surface area (Å²) in [6.07, 6.45) is 2.68. The zero-order chi connectivity index (χ0) is 14.7. The molecule has 0 aromatic heterocycles. The van der Waals surface area contributed by atoms with Crippen LogP contribution >= 0.6 is 15.9 Å². The second-order valence-corrected chi connectivity index (χ2v) is 6.15. The summed E-state index contributed by atoms with van der Waals surface area (Å²) in [5, 5.41) is 12.0. The number of carboxylic acids is 1. The summed E-state index contributed by atoms with van der Waals surface area (Å²) in [5.41, 5.74) is 1.76. The van der Waals surface area contributed by atoms with Crippen molar-refractivity contribution in [3.8, 4) is 0 Å². The average Bonchev–Trinajstić information content (AvgIpc) is 2.44. The van der Waals surface area contributed by atoms with Crippen LogP contribution in [0.25, 0.3) is 0 Å². The third-order valence-corrected chi connectivity index (χ3v) is 4.78. The van der Waals surface area contributed by atoms with Crippen molar-refractivity contribution in [2.75, 3.05) is 5.32 Å². The second kappa shape index (κ2) is 6.39. The molecule has 108 valence electrons. The normalized spacial score (nSPS) is 22.3. The Labute approximate surface area is 126 Å². The highest BCUT2D eigenvalue weighted by molar-refractivity contribution is 9.10. The maximum absolute atomic E-state index is 12.3. The van der Waals surface area contributed by atoms with E-state index in [4.69, 9.17) is 5.11 Å². The van der Waals surface area contributed by atoms with Crippen LogP contribution in [0.2, 0.25) is 0 Å². The average molecular weight is 340 g/mol. The number of carbonyl (C=O) groups excluding carboxylic acids is 1. The van der Waals surface area contributed by atoms with Crippen molar-refractivity contribution in [3.63, 3.8) is 0 Å². The largest absolute Gasteiger partial charge is 0.481 e. The van der Waals surface area contributed by atoms with E-state index in [1.54, 1.807) is 0 Å². The Bertz CT molecular complexity index is 530. The van der Waals surface area contributed by atoms with Crippen molar-refractivity contribution in [1.29, 1.82) is 0 Å². The van der Waals surface area contributed by atoms with Gasteiger partial charge in [0.25, 0.3) is 0 Å². The molecule has 1 saturated carbocycles. The molecule has 5 heteroatoms. The minimum absolute atomic E-state index is 0.0721. The van der Waals surface area contributed by atoms with Gasteiger partial charge in [-0.25, -0.2) is 0 Å². The summed E-state index contributed by atoms with van der Waals surface area (Å²) in [5.74, 6) is -1.45. The van der Waals surface area contributed by atoms with Crippen molar-refractivity contribution in [1.82, 2.24) is 0 Å². The number of rotatable bonds is 3. The lowest BCUT2D eigenvalue weighted by molar-refractivity contribution is -0.143. The topological polar surface area (TPSA) is 66.4 Å². The van der Waals surface area contributed by atoms with Gasteiger partial charge in [0, 0.05) is 16.1 Å². The van der Waals surface area contributed by atoms with Crippen LogP contribution in [-0.4, -0.2) is 17.0 Å². The number of hydrogen-bond acceptors (Lipinski definition) is 2. The molecule has 0 aliphatic heterocycles. The summed E-state index contributed by atoms with van der Waals surface area (Å²) in [7, 11) is 0. The van der Waals surface area contributed by atoms with E-state index in [0.29, 0.717) is 12.8 Å². The first-order valence-electron chi connectivity index (χ1n) is 6.78. The summed E-state index contributed by atoms with van der Waals surface area (Å²) in [6, 6.07) is 5.65. The van der Waals surface area contributed by atoms with Gasteiger partial charge in [0.05, 0.1) is 5.92 Å². The fraction of sp³-hybridized carbons (Fsp3) is 0.467. The summed E-state index contributed by atoms with van der Waals surface area (Å²) in [6.45, 7) is 1.93. The van der Waals surface area contributed by atoms with Gasteiger partial charge in [0.1, 0.15) is 0 Å². The van der Waals surface area contributed by atoms with Crippen LogP contribution in [0, 0.1) is 18.8 Å². The molecule has 1 fully saturated rings.